The number of para-hydroxylation sites is 2. The molecule has 1 aromatic heterocycles. The summed E-state index contributed by atoms with van der Waals surface area (Å²) in [5.41, 5.74) is 1.13. The number of nitrogens with zero attached hydrogens (tertiary/aromatic N) is 1. The van der Waals surface area contributed by atoms with Crippen LogP contribution in [0.25, 0.3) is 0 Å². The lowest BCUT2D eigenvalue weighted by atomic mass is 10.2. The molecule has 1 N–H and O–H groups in total. The average molecular weight is 290 g/mol. The van der Waals surface area contributed by atoms with Gasteiger partial charge in [-0.25, -0.2) is 0 Å². The molecule has 0 fully saturated rings. The molecule has 0 saturated carbocycles. The van der Waals surface area contributed by atoms with E-state index in [1.165, 1.54) is 4.88 Å². The second-order valence-corrected chi connectivity index (χ2v) is 5.71. The molecule has 2 aromatic rings. The molecule has 0 aliphatic rings. The molecule has 0 aliphatic carbocycles. The largest absolute Gasteiger partial charge is 0.495 e. The first-order valence-electron chi connectivity index (χ1n) is 6.88. The van der Waals surface area contributed by atoms with Crippen molar-refractivity contribution < 1.29 is 4.74 Å². The smallest absolute Gasteiger partial charge is 0.142 e. The fourth-order valence-electron chi connectivity index (χ4n) is 2.10. The second kappa shape index (κ2) is 7.92. The van der Waals surface area contributed by atoms with Crippen LogP contribution in [0.5, 0.6) is 5.75 Å². The Balaban J connectivity index is 1.70. The first-order valence-corrected chi connectivity index (χ1v) is 7.76. The van der Waals surface area contributed by atoms with Crippen molar-refractivity contribution >= 4 is 17.0 Å². The number of nitrogens with one attached hydrogen (secondary N) is 1. The lowest BCUT2D eigenvalue weighted by Crippen LogP contribution is -2.30. The highest BCUT2D eigenvalue weighted by Crippen LogP contribution is 2.25. The molecular formula is C16H22N2OS. The van der Waals surface area contributed by atoms with Crippen LogP contribution in [-0.4, -0.2) is 33.8 Å². The van der Waals surface area contributed by atoms with Gasteiger partial charge in [0.15, 0.2) is 0 Å². The van der Waals surface area contributed by atoms with E-state index in [1.54, 1.807) is 7.11 Å². The maximum absolute atomic E-state index is 5.38. The summed E-state index contributed by atoms with van der Waals surface area (Å²) in [6, 6.07) is 12.4. The van der Waals surface area contributed by atoms with Gasteiger partial charge in [0.25, 0.3) is 0 Å². The highest BCUT2D eigenvalue weighted by molar-refractivity contribution is 7.09. The fourth-order valence-corrected chi connectivity index (χ4v) is 2.81. The highest BCUT2D eigenvalue weighted by atomic mass is 32.1. The van der Waals surface area contributed by atoms with Crippen LogP contribution in [0, 0.1) is 0 Å². The lowest BCUT2D eigenvalue weighted by molar-refractivity contribution is 0.415. The van der Waals surface area contributed by atoms with Crippen molar-refractivity contribution in [2.24, 2.45) is 0 Å². The molecule has 1 aromatic carbocycles. The maximum Gasteiger partial charge on any atom is 0.142 e. The van der Waals surface area contributed by atoms with E-state index in [1.807, 2.05) is 29.5 Å². The van der Waals surface area contributed by atoms with Gasteiger partial charge in [-0.15, -0.1) is 11.3 Å². The van der Waals surface area contributed by atoms with E-state index in [-0.39, 0.29) is 0 Å². The Morgan fingerprint density at radius 2 is 2.00 bits per heavy atom. The van der Waals surface area contributed by atoms with Gasteiger partial charge in [-0.2, -0.15) is 0 Å². The predicted octanol–water partition coefficient (Wildman–Crippen LogP) is 3.03. The molecule has 0 amide bonds. The van der Waals surface area contributed by atoms with Gasteiger partial charge in [0.1, 0.15) is 5.75 Å². The average Bonchev–Trinajstić information content (AvgIpc) is 3.00. The topological polar surface area (TPSA) is 24.5 Å². The normalized spacial score (nSPS) is 10.5. The molecule has 0 bridgehead atoms. The summed E-state index contributed by atoms with van der Waals surface area (Å²) in [4.78, 5) is 3.66. The summed E-state index contributed by atoms with van der Waals surface area (Å²) in [6.45, 7) is 2.96. The molecule has 3 nitrogen and oxygen atoms in total. The van der Waals surface area contributed by atoms with E-state index in [0.717, 1.165) is 37.5 Å². The lowest BCUT2D eigenvalue weighted by Gasteiger charge is -2.21. The maximum atomic E-state index is 5.38. The minimum absolute atomic E-state index is 0.925. The third kappa shape index (κ3) is 4.25. The Morgan fingerprint density at radius 3 is 2.75 bits per heavy atom. The van der Waals surface area contributed by atoms with Crippen LogP contribution in [0.2, 0.25) is 0 Å². The molecule has 4 heteroatoms. The molecule has 0 spiro atoms. The standard InChI is InChI=1S/C16H22N2OS/c1-18(15-7-3-4-8-16(15)19-2)12-11-17-10-9-14-6-5-13-20-14/h3-8,13,17H,9-12H2,1-2H3. The number of anilines is 1. The summed E-state index contributed by atoms with van der Waals surface area (Å²) in [5.74, 6) is 0.925. The first kappa shape index (κ1) is 14.9. The Morgan fingerprint density at radius 1 is 1.15 bits per heavy atom. The zero-order valence-electron chi connectivity index (χ0n) is 12.1. The molecule has 108 valence electrons. The molecule has 0 aliphatic heterocycles. The molecule has 2 rings (SSSR count). The van der Waals surface area contributed by atoms with Gasteiger partial charge in [-0.1, -0.05) is 18.2 Å². The van der Waals surface area contributed by atoms with E-state index >= 15 is 0 Å². The van der Waals surface area contributed by atoms with Crippen LogP contribution in [0.1, 0.15) is 4.88 Å². The van der Waals surface area contributed by atoms with Crippen molar-refractivity contribution in [2.75, 3.05) is 38.7 Å². The minimum Gasteiger partial charge on any atom is -0.495 e. The summed E-state index contributed by atoms with van der Waals surface area (Å²) < 4.78 is 5.38. The first-order chi connectivity index (χ1) is 9.81. The molecule has 0 saturated heterocycles. The zero-order chi connectivity index (χ0) is 14.2. The minimum atomic E-state index is 0.925. The molecule has 1 heterocycles. The van der Waals surface area contributed by atoms with E-state index in [4.69, 9.17) is 4.74 Å². The van der Waals surface area contributed by atoms with Crippen LogP contribution >= 0.6 is 11.3 Å². The molecule has 0 unspecified atom stereocenters. The third-order valence-corrected chi connectivity index (χ3v) is 4.18. The van der Waals surface area contributed by atoms with Crippen molar-refractivity contribution in [3.63, 3.8) is 0 Å². The van der Waals surface area contributed by atoms with Gasteiger partial charge in [0.05, 0.1) is 12.8 Å². The van der Waals surface area contributed by atoms with Gasteiger partial charge < -0.3 is 15.0 Å². The quantitative estimate of drug-likeness (QED) is 0.756. The van der Waals surface area contributed by atoms with Crippen LogP contribution in [0.4, 0.5) is 5.69 Å². The Kier molecular flexibility index (Phi) is 5.89. The van der Waals surface area contributed by atoms with Crippen molar-refractivity contribution in [3.8, 4) is 5.75 Å². The molecule has 20 heavy (non-hydrogen) atoms. The fraction of sp³-hybridized carbons (Fsp3) is 0.375. The van der Waals surface area contributed by atoms with Gasteiger partial charge in [0, 0.05) is 31.6 Å². The molecule has 0 atom stereocenters. The van der Waals surface area contributed by atoms with Gasteiger partial charge in [0.2, 0.25) is 0 Å². The number of likely N-dealkylation sites (N-methyl/N-ethyl adjacent to an activating group) is 1. The zero-order valence-corrected chi connectivity index (χ0v) is 13.0. The summed E-state index contributed by atoms with van der Waals surface area (Å²) in [5, 5.41) is 5.62. The molecule has 0 radical (unpaired) electrons. The van der Waals surface area contributed by atoms with Crippen molar-refractivity contribution in [1.82, 2.24) is 5.32 Å². The second-order valence-electron chi connectivity index (χ2n) is 4.67. The van der Waals surface area contributed by atoms with Crippen molar-refractivity contribution in [1.29, 1.82) is 0 Å². The Labute approximate surface area is 125 Å². The highest BCUT2D eigenvalue weighted by Gasteiger charge is 2.06. The SMILES string of the molecule is COc1ccccc1N(C)CCNCCc1cccs1. The van der Waals surface area contributed by atoms with Gasteiger partial charge >= 0.3 is 0 Å². The number of rotatable bonds is 8. The summed E-state index contributed by atoms with van der Waals surface area (Å²) in [6.07, 6.45) is 1.11. The number of hydrogen-bond acceptors (Lipinski definition) is 4. The number of hydrogen-bond donors (Lipinski definition) is 1. The Bertz CT molecular complexity index is 499. The number of benzene rings is 1. The summed E-state index contributed by atoms with van der Waals surface area (Å²) in [7, 11) is 3.81. The monoisotopic (exact) mass is 290 g/mol. The van der Waals surface area contributed by atoms with E-state index in [9.17, 15) is 0 Å². The van der Waals surface area contributed by atoms with Crippen LogP contribution in [0.15, 0.2) is 41.8 Å². The van der Waals surface area contributed by atoms with Crippen molar-refractivity contribution in [3.05, 3.63) is 46.7 Å². The number of methoxy groups -OCH3 is 1. The van der Waals surface area contributed by atoms with Crippen LogP contribution < -0.4 is 15.0 Å². The molecular weight excluding hydrogens is 268 g/mol. The van der Waals surface area contributed by atoms with Crippen LogP contribution in [0.3, 0.4) is 0 Å². The van der Waals surface area contributed by atoms with Crippen LogP contribution in [-0.2, 0) is 6.42 Å². The number of ether oxygens (including phenoxy) is 1. The third-order valence-electron chi connectivity index (χ3n) is 3.25. The Hall–Kier alpha value is -1.52. The predicted molar refractivity (Wildman–Crippen MR) is 87.2 cm³/mol. The van der Waals surface area contributed by atoms with Gasteiger partial charge in [-0.3, -0.25) is 0 Å². The van der Waals surface area contributed by atoms with E-state index in [0.29, 0.717) is 0 Å². The van der Waals surface area contributed by atoms with Gasteiger partial charge in [-0.05, 0) is 30.0 Å². The number of thiophene rings is 1. The van der Waals surface area contributed by atoms with Crippen molar-refractivity contribution in [2.45, 2.75) is 6.42 Å². The van der Waals surface area contributed by atoms with E-state index < -0.39 is 0 Å². The summed E-state index contributed by atoms with van der Waals surface area (Å²) >= 11 is 1.82. The van der Waals surface area contributed by atoms with E-state index in [2.05, 4.69) is 40.8 Å².